The quantitative estimate of drug-likeness (QED) is 0.586. The zero-order chi connectivity index (χ0) is 12.0. The Morgan fingerprint density at radius 3 is 2.44 bits per heavy atom. The van der Waals surface area contributed by atoms with Gasteiger partial charge in [0, 0.05) is 19.1 Å². The molecule has 16 heavy (non-hydrogen) atoms. The van der Waals surface area contributed by atoms with Gasteiger partial charge >= 0.3 is 0 Å². The van der Waals surface area contributed by atoms with Gasteiger partial charge in [0.15, 0.2) is 0 Å². The number of amides is 1. The summed E-state index contributed by atoms with van der Waals surface area (Å²) in [5, 5.41) is 21.0. The van der Waals surface area contributed by atoms with Crippen molar-refractivity contribution in [3.63, 3.8) is 0 Å². The minimum absolute atomic E-state index is 0.00495. The molecule has 1 saturated heterocycles. The molecule has 0 spiro atoms. The number of aliphatic hydroxyl groups is 2. The van der Waals surface area contributed by atoms with Gasteiger partial charge in [-0.25, -0.2) is 0 Å². The van der Waals surface area contributed by atoms with Crippen molar-refractivity contribution in [2.45, 2.75) is 38.3 Å². The standard InChI is InChI=1S/C11H22N2O3/c1-9-3-2-4-10(12-9)11(16)13(5-7-14)6-8-15/h9-10,12,14-15H,2-8H2,1H3. The van der Waals surface area contributed by atoms with Crippen LogP contribution in [0.1, 0.15) is 26.2 Å². The maximum Gasteiger partial charge on any atom is 0.239 e. The van der Waals surface area contributed by atoms with Gasteiger partial charge in [0.2, 0.25) is 5.91 Å². The Morgan fingerprint density at radius 1 is 1.31 bits per heavy atom. The Balaban J connectivity index is 2.51. The third-order valence-corrected chi connectivity index (χ3v) is 2.97. The van der Waals surface area contributed by atoms with Gasteiger partial charge < -0.3 is 20.4 Å². The van der Waals surface area contributed by atoms with E-state index < -0.39 is 0 Å². The molecule has 1 aliphatic heterocycles. The van der Waals surface area contributed by atoms with E-state index in [1.54, 1.807) is 0 Å². The van der Waals surface area contributed by atoms with E-state index >= 15 is 0 Å². The van der Waals surface area contributed by atoms with Crippen LogP contribution in [-0.2, 0) is 4.79 Å². The second-order valence-electron chi connectivity index (χ2n) is 4.32. The molecule has 3 N–H and O–H groups in total. The molecular weight excluding hydrogens is 208 g/mol. The Labute approximate surface area is 96.4 Å². The summed E-state index contributed by atoms with van der Waals surface area (Å²) in [7, 11) is 0. The predicted molar refractivity (Wildman–Crippen MR) is 61.0 cm³/mol. The third-order valence-electron chi connectivity index (χ3n) is 2.97. The van der Waals surface area contributed by atoms with Crippen molar-refractivity contribution < 1.29 is 15.0 Å². The normalized spacial score (nSPS) is 25.4. The second kappa shape index (κ2) is 6.83. The van der Waals surface area contributed by atoms with E-state index in [9.17, 15) is 4.79 Å². The molecule has 94 valence electrons. The Morgan fingerprint density at radius 2 is 1.94 bits per heavy atom. The minimum atomic E-state index is -0.151. The number of carbonyl (C=O) groups excluding carboxylic acids is 1. The van der Waals surface area contributed by atoms with E-state index in [2.05, 4.69) is 12.2 Å². The molecular formula is C11H22N2O3. The first-order chi connectivity index (χ1) is 7.69. The van der Waals surface area contributed by atoms with E-state index in [1.807, 2.05) is 0 Å². The highest BCUT2D eigenvalue weighted by molar-refractivity contribution is 5.82. The lowest BCUT2D eigenvalue weighted by Gasteiger charge is -2.32. The van der Waals surface area contributed by atoms with E-state index in [4.69, 9.17) is 10.2 Å². The molecule has 1 rings (SSSR count). The van der Waals surface area contributed by atoms with Gasteiger partial charge in [-0.3, -0.25) is 4.79 Å². The van der Waals surface area contributed by atoms with Gasteiger partial charge in [0.05, 0.1) is 19.3 Å². The van der Waals surface area contributed by atoms with Crippen LogP contribution in [0.25, 0.3) is 0 Å². The van der Waals surface area contributed by atoms with Crippen LogP contribution in [0.5, 0.6) is 0 Å². The maximum atomic E-state index is 12.1. The van der Waals surface area contributed by atoms with Crippen molar-refractivity contribution in [3.05, 3.63) is 0 Å². The van der Waals surface area contributed by atoms with Crippen LogP contribution in [0.4, 0.5) is 0 Å². The maximum absolute atomic E-state index is 12.1. The van der Waals surface area contributed by atoms with Crippen LogP contribution in [0, 0.1) is 0 Å². The number of aliphatic hydroxyl groups excluding tert-OH is 2. The Kier molecular flexibility index (Phi) is 5.73. The van der Waals surface area contributed by atoms with Gasteiger partial charge in [-0.05, 0) is 26.2 Å². The molecule has 0 aliphatic carbocycles. The van der Waals surface area contributed by atoms with Crippen molar-refractivity contribution in [1.29, 1.82) is 0 Å². The molecule has 0 aromatic carbocycles. The average molecular weight is 230 g/mol. The summed E-state index contributed by atoms with van der Waals surface area (Å²) in [4.78, 5) is 13.6. The van der Waals surface area contributed by atoms with Gasteiger partial charge in [-0.1, -0.05) is 0 Å². The predicted octanol–water partition coefficient (Wildman–Crippen LogP) is -0.670. The topological polar surface area (TPSA) is 72.8 Å². The van der Waals surface area contributed by atoms with E-state index in [0.29, 0.717) is 19.1 Å². The molecule has 0 radical (unpaired) electrons. The largest absolute Gasteiger partial charge is 0.395 e. The third kappa shape index (κ3) is 3.73. The lowest BCUT2D eigenvalue weighted by Crippen LogP contribution is -2.52. The molecule has 0 aromatic heterocycles. The van der Waals surface area contributed by atoms with Crippen molar-refractivity contribution in [2.75, 3.05) is 26.3 Å². The van der Waals surface area contributed by atoms with Crippen LogP contribution >= 0.6 is 0 Å². The fourth-order valence-corrected chi connectivity index (χ4v) is 2.13. The fourth-order valence-electron chi connectivity index (χ4n) is 2.13. The van der Waals surface area contributed by atoms with E-state index in [1.165, 1.54) is 4.90 Å². The van der Waals surface area contributed by atoms with E-state index in [0.717, 1.165) is 19.3 Å². The highest BCUT2D eigenvalue weighted by Crippen LogP contribution is 2.14. The first kappa shape index (κ1) is 13.4. The summed E-state index contributed by atoms with van der Waals surface area (Å²) in [6, 6.07) is 0.217. The molecule has 2 atom stereocenters. The first-order valence-corrected chi connectivity index (χ1v) is 5.95. The van der Waals surface area contributed by atoms with Gasteiger partial charge in [0.25, 0.3) is 0 Å². The number of hydrogen-bond donors (Lipinski definition) is 3. The summed E-state index contributed by atoms with van der Waals surface area (Å²) in [6.45, 7) is 2.54. The molecule has 0 aromatic rings. The first-order valence-electron chi connectivity index (χ1n) is 5.95. The molecule has 1 amide bonds. The molecule has 5 heteroatoms. The van der Waals surface area contributed by atoms with Crippen molar-refractivity contribution >= 4 is 5.91 Å². The molecule has 1 fully saturated rings. The van der Waals surface area contributed by atoms with Crippen LogP contribution in [0.2, 0.25) is 0 Å². The lowest BCUT2D eigenvalue weighted by atomic mass is 9.98. The summed E-state index contributed by atoms with van der Waals surface area (Å²) >= 11 is 0. The molecule has 1 heterocycles. The second-order valence-corrected chi connectivity index (χ2v) is 4.32. The van der Waals surface area contributed by atoms with E-state index in [-0.39, 0.29) is 25.2 Å². The van der Waals surface area contributed by atoms with Gasteiger partial charge in [0.1, 0.15) is 0 Å². The Bertz CT molecular complexity index is 211. The summed E-state index contributed by atoms with van der Waals surface area (Å²) in [5.74, 6) is -0.00495. The highest BCUT2D eigenvalue weighted by Gasteiger charge is 2.27. The molecule has 5 nitrogen and oxygen atoms in total. The monoisotopic (exact) mass is 230 g/mol. The van der Waals surface area contributed by atoms with Gasteiger partial charge in [-0.15, -0.1) is 0 Å². The lowest BCUT2D eigenvalue weighted by molar-refractivity contribution is -0.135. The molecule has 0 bridgehead atoms. The Hall–Kier alpha value is -0.650. The van der Waals surface area contributed by atoms with Crippen LogP contribution in [-0.4, -0.2) is 59.4 Å². The summed E-state index contributed by atoms with van der Waals surface area (Å²) in [6.07, 6.45) is 3.00. The zero-order valence-corrected chi connectivity index (χ0v) is 9.85. The number of rotatable bonds is 5. The van der Waals surface area contributed by atoms with Crippen molar-refractivity contribution in [1.82, 2.24) is 10.2 Å². The van der Waals surface area contributed by atoms with Crippen LogP contribution in [0.15, 0.2) is 0 Å². The molecule has 0 saturated carbocycles. The van der Waals surface area contributed by atoms with Gasteiger partial charge in [-0.2, -0.15) is 0 Å². The number of piperidine rings is 1. The number of carbonyl (C=O) groups is 1. The fraction of sp³-hybridized carbons (Fsp3) is 0.909. The van der Waals surface area contributed by atoms with Crippen LogP contribution in [0.3, 0.4) is 0 Å². The van der Waals surface area contributed by atoms with Crippen molar-refractivity contribution in [2.24, 2.45) is 0 Å². The number of nitrogens with one attached hydrogen (secondary N) is 1. The zero-order valence-electron chi connectivity index (χ0n) is 9.85. The average Bonchev–Trinajstić information content (AvgIpc) is 2.28. The number of hydrogen-bond acceptors (Lipinski definition) is 4. The highest BCUT2D eigenvalue weighted by atomic mass is 16.3. The number of nitrogens with zero attached hydrogens (tertiary/aromatic N) is 1. The summed E-state index contributed by atoms with van der Waals surface area (Å²) < 4.78 is 0. The smallest absolute Gasteiger partial charge is 0.239 e. The molecule has 1 aliphatic rings. The SMILES string of the molecule is CC1CCCC(C(=O)N(CCO)CCO)N1. The minimum Gasteiger partial charge on any atom is -0.395 e. The summed E-state index contributed by atoms with van der Waals surface area (Å²) in [5.41, 5.74) is 0. The van der Waals surface area contributed by atoms with Crippen LogP contribution < -0.4 is 5.32 Å². The van der Waals surface area contributed by atoms with Crippen molar-refractivity contribution in [3.8, 4) is 0 Å². The molecule has 2 unspecified atom stereocenters.